The van der Waals surface area contributed by atoms with Gasteiger partial charge >= 0.3 is 0 Å². The summed E-state index contributed by atoms with van der Waals surface area (Å²) in [6.45, 7) is 8.10. The number of ether oxygens (including phenoxy) is 1. The lowest BCUT2D eigenvalue weighted by molar-refractivity contribution is 0.191. The lowest BCUT2D eigenvalue weighted by Gasteiger charge is -2.07. The van der Waals surface area contributed by atoms with Crippen molar-refractivity contribution in [1.82, 2.24) is 0 Å². The Kier molecular flexibility index (Phi) is 4.56. The van der Waals surface area contributed by atoms with Gasteiger partial charge in [0.15, 0.2) is 0 Å². The number of hydrogen-bond donors (Lipinski definition) is 0. The number of benzene rings is 1. The molecule has 1 rings (SSSR count). The summed E-state index contributed by atoms with van der Waals surface area (Å²) in [6.07, 6.45) is 3.65. The molecule has 0 unspecified atom stereocenters. The van der Waals surface area contributed by atoms with Crippen molar-refractivity contribution in [2.45, 2.75) is 19.4 Å². The number of rotatable bonds is 6. The molecule has 74 valence electrons. The first-order valence-electron chi connectivity index (χ1n) is 4.78. The van der Waals surface area contributed by atoms with Gasteiger partial charge in [-0.15, -0.1) is 6.58 Å². The second kappa shape index (κ2) is 6.03. The van der Waals surface area contributed by atoms with Crippen LogP contribution in [0.2, 0.25) is 0 Å². The average molecular weight is 188 g/mol. The van der Waals surface area contributed by atoms with Crippen LogP contribution in [0.1, 0.15) is 18.4 Å². The van der Waals surface area contributed by atoms with E-state index in [2.05, 4.69) is 13.2 Å². The van der Waals surface area contributed by atoms with Crippen LogP contribution in [0.5, 0.6) is 0 Å². The minimum Gasteiger partial charge on any atom is -0.494 e. The zero-order valence-electron chi connectivity index (χ0n) is 8.41. The Labute approximate surface area is 85.7 Å². The summed E-state index contributed by atoms with van der Waals surface area (Å²) in [7, 11) is 0. The van der Waals surface area contributed by atoms with E-state index in [0.717, 1.165) is 18.6 Å². The molecule has 0 N–H and O–H groups in total. The molecule has 0 amide bonds. The lowest BCUT2D eigenvalue weighted by atomic mass is 10.2. The molecule has 0 saturated heterocycles. The van der Waals surface area contributed by atoms with Crippen LogP contribution in [0, 0.1) is 0 Å². The molecule has 14 heavy (non-hydrogen) atoms. The standard InChI is InChI=1S/C13H16O/c1-3-4-8-12(2)14-11-13-9-6-5-7-10-13/h3,5-7,9-10H,1-2,4,8,11H2. The molecule has 0 bridgehead atoms. The fourth-order valence-corrected chi connectivity index (χ4v) is 1.09. The third-order valence-electron chi connectivity index (χ3n) is 1.91. The molecule has 0 aliphatic heterocycles. The second-order valence-corrected chi connectivity index (χ2v) is 3.14. The van der Waals surface area contributed by atoms with Crippen molar-refractivity contribution in [1.29, 1.82) is 0 Å². The molecule has 1 nitrogen and oxygen atoms in total. The maximum Gasteiger partial charge on any atom is 0.113 e. The highest BCUT2D eigenvalue weighted by Gasteiger charge is 1.95. The van der Waals surface area contributed by atoms with Gasteiger partial charge in [-0.25, -0.2) is 0 Å². The van der Waals surface area contributed by atoms with Crippen LogP contribution in [-0.2, 0) is 11.3 Å². The van der Waals surface area contributed by atoms with Crippen molar-refractivity contribution in [3.8, 4) is 0 Å². The molecule has 1 heteroatoms. The van der Waals surface area contributed by atoms with Crippen molar-refractivity contribution in [2.24, 2.45) is 0 Å². The Morgan fingerprint density at radius 3 is 2.64 bits per heavy atom. The predicted octanol–water partition coefficient (Wildman–Crippen LogP) is 3.68. The summed E-state index contributed by atoms with van der Waals surface area (Å²) >= 11 is 0. The molecular formula is C13H16O. The maximum absolute atomic E-state index is 5.49. The minimum absolute atomic E-state index is 0.608. The minimum atomic E-state index is 0.608. The van der Waals surface area contributed by atoms with Crippen LogP contribution in [0.3, 0.4) is 0 Å². The zero-order valence-corrected chi connectivity index (χ0v) is 8.41. The molecule has 0 spiro atoms. The average Bonchev–Trinajstić information content (AvgIpc) is 2.25. The summed E-state index contributed by atoms with van der Waals surface area (Å²) < 4.78 is 5.49. The van der Waals surface area contributed by atoms with Gasteiger partial charge in [0.05, 0.1) is 5.76 Å². The van der Waals surface area contributed by atoms with Crippen LogP contribution in [0.15, 0.2) is 55.3 Å². The van der Waals surface area contributed by atoms with Gasteiger partial charge in [-0.1, -0.05) is 43.0 Å². The fourth-order valence-electron chi connectivity index (χ4n) is 1.09. The van der Waals surface area contributed by atoms with Gasteiger partial charge in [0.1, 0.15) is 6.61 Å². The highest BCUT2D eigenvalue weighted by Crippen LogP contribution is 2.08. The maximum atomic E-state index is 5.49. The van der Waals surface area contributed by atoms with Gasteiger partial charge in [0.25, 0.3) is 0 Å². The highest BCUT2D eigenvalue weighted by molar-refractivity contribution is 5.13. The first-order valence-corrected chi connectivity index (χ1v) is 4.78. The molecule has 0 aliphatic rings. The molecule has 0 heterocycles. The van der Waals surface area contributed by atoms with Crippen molar-refractivity contribution in [3.05, 3.63) is 60.9 Å². The van der Waals surface area contributed by atoms with Crippen LogP contribution in [-0.4, -0.2) is 0 Å². The Morgan fingerprint density at radius 2 is 2.00 bits per heavy atom. The third-order valence-corrected chi connectivity index (χ3v) is 1.91. The van der Waals surface area contributed by atoms with E-state index >= 15 is 0 Å². The van der Waals surface area contributed by atoms with E-state index < -0.39 is 0 Å². The van der Waals surface area contributed by atoms with E-state index in [0.29, 0.717) is 6.61 Å². The summed E-state index contributed by atoms with van der Waals surface area (Å²) in [5, 5.41) is 0. The fraction of sp³-hybridized carbons (Fsp3) is 0.231. The molecule has 0 aliphatic carbocycles. The van der Waals surface area contributed by atoms with Gasteiger partial charge < -0.3 is 4.74 Å². The monoisotopic (exact) mass is 188 g/mol. The first kappa shape index (κ1) is 10.6. The predicted molar refractivity (Wildman–Crippen MR) is 59.8 cm³/mol. The smallest absolute Gasteiger partial charge is 0.113 e. The summed E-state index contributed by atoms with van der Waals surface area (Å²) in [5.41, 5.74) is 1.17. The lowest BCUT2D eigenvalue weighted by Crippen LogP contribution is -1.92. The summed E-state index contributed by atoms with van der Waals surface area (Å²) in [5.74, 6) is 0.828. The van der Waals surface area contributed by atoms with E-state index in [1.807, 2.05) is 36.4 Å². The largest absolute Gasteiger partial charge is 0.494 e. The van der Waals surface area contributed by atoms with Gasteiger partial charge in [0, 0.05) is 6.42 Å². The number of allylic oxidation sites excluding steroid dienone is 2. The van der Waals surface area contributed by atoms with E-state index in [1.165, 1.54) is 5.56 Å². The quantitative estimate of drug-likeness (QED) is 0.488. The topological polar surface area (TPSA) is 9.23 Å². The first-order chi connectivity index (χ1) is 6.83. The molecule has 0 radical (unpaired) electrons. The van der Waals surface area contributed by atoms with Gasteiger partial charge in [0.2, 0.25) is 0 Å². The Hall–Kier alpha value is -1.50. The van der Waals surface area contributed by atoms with E-state index in [9.17, 15) is 0 Å². The Bertz CT molecular complexity index is 287. The van der Waals surface area contributed by atoms with E-state index in [1.54, 1.807) is 0 Å². The highest BCUT2D eigenvalue weighted by atomic mass is 16.5. The Morgan fingerprint density at radius 1 is 1.29 bits per heavy atom. The van der Waals surface area contributed by atoms with E-state index in [4.69, 9.17) is 4.74 Å². The van der Waals surface area contributed by atoms with Crippen LogP contribution >= 0.6 is 0 Å². The SMILES string of the molecule is C=CCCC(=C)OCc1ccccc1. The molecule has 1 aromatic rings. The van der Waals surface area contributed by atoms with Gasteiger partial charge in [-0.2, -0.15) is 0 Å². The summed E-state index contributed by atoms with van der Waals surface area (Å²) in [6, 6.07) is 10.1. The Balaban J connectivity index is 2.27. The normalized spacial score (nSPS) is 9.43. The molecule has 0 aromatic heterocycles. The zero-order chi connectivity index (χ0) is 10.2. The van der Waals surface area contributed by atoms with Crippen LogP contribution in [0.25, 0.3) is 0 Å². The molecule has 0 atom stereocenters. The van der Waals surface area contributed by atoms with E-state index in [-0.39, 0.29) is 0 Å². The van der Waals surface area contributed by atoms with Crippen molar-refractivity contribution < 1.29 is 4.74 Å². The van der Waals surface area contributed by atoms with Crippen LogP contribution in [0.4, 0.5) is 0 Å². The van der Waals surface area contributed by atoms with Gasteiger partial charge in [-0.3, -0.25) is 0 Å². The molecule has 1 aromatic carbocycles. The van der Waals surface area contributed by atoms with Crippen LogP contribution < -0.4 is 0 Å². The van der Waals surface area contributed by atoms with Crippen molar-refractivity contribution in [2.75, 3.05) is 0 Å². The third kappa shape index (κ3) is 3.94. The second-order valence-electron chi connectivity index (χ2n) is 3.14. The molecule has 0 saturated carbocycles. The molecule has 0 fully saturated rings. The van der Waals surface area contributed by atoms with Crippen molar-refractivity contribution >= 4 is 0 Å². The van der Waals surface area contributed by atoms with Gasteiger partial charge in [-0.05, 0) is 12.0 Å². The summed E-state index contributed by atoms with van der Waals surface area (Å²) in [4.78, 5) is 0. The number of hydrogen-bond acceptors (Lipinski definition) is 1. The van der Waals surface area contributed by atoms with Crippen molar-refractivity contribution in [3.63, 3.8) is 0 Å². The molecular weight excluding hydrogens is 172 g/mol.